The lowest BCUT2D eigenvalue weighted by Gasteiger charge is -2.29. The second-order valence-corrected chi connectivity index (χ2v) is 6.05. The van der Waals surface area contributed by atoms with Crippen molar-refractivity contribution in [3.8, 4) is 5.75 Å². The molecule has 1 rings (SSSR count). The van der Waals surface area contributed by atoms with Crippen molar-refractivity contribution in [2.75, 3.05) is 20.1 Å². The minimum atomic E-state index is -0.150. The van der Waals surface area contributed by atoms with Crippen LogP contribution in [0.5, 0.6) is 5.75 Å². The third-order valence-electron chi connectivity index (χ3n) is 2.90. The summed E-state index contributed by atoms with van der Waals surface area (Å²) in [4.78, 5) is 18.3. The van der Waals surface area contributed by atoms with Gasteiger partial charge in [-0.2, -0.15) is 0 Å². The summed E-state index contributed by atoms with van der Waals surface area (Å²) in [5.74, 6) is 0.368. The van der Waals surface area contributed by atoms with Gasteiger partial charge in [0.2, 0.25) is 0 Å². The van der Waals surface area contributed by atoms with Gasteiger partial charge in [-0.15, -0.1) is 24.8 Å². The Hall–Kier alpha value is -1.04. The van der Waals surface area contributed by atoms with Gasteiger partial charge in [-0.25, -0.2) is 4.98 Å². The Bertz CT molecular complexity index is 468. The molecule has 0 bridgehead atoms. The van der Waals surface area contributed by atoms with Crippen molar-refractivity contribution >= 4 is 30.7 Å². The molecule has 0 aliphatic carbocycles. The predicted molar refractivity (Wildman–Crippen MR) is 94.3 cm³/mol. The average molecular weight is 352 g/mol. The molecule has 0 aromatic carbocycles. The molecule has 7 heteroatoms. The van der Waals surface area contributed by atoms with Crippen LogP contribution in [0.2, 0.25) is 0 Å². The van der Waals surface area contributed by atoms with E-state index >= 15 is 0 Å². The first-order valence-corrected chi connectivity index (χ1v) is 6.84. The summed E-state index contributed by atoms with van der Waals surface area (Å²) in [5.41, 5.74) is 5.93. The fourth-order valence-electron chi connectivity index (χ4n) is 1.86. The molecule has 128 valence electrons. The predicted octanol–water partition coefficient (Wildman–Crippen LogP) is 2.77. The van der Waals surface area contributed by atoms with Gasteiger partial charge in [0.15, 0.2) is 11.4 Å². The average Bonchev–Trinajstić information content (AvgIpc) is 2.37. The number of hydrogen-bond acceptors (Lipinski definition) is 4. The number of carbonyl (C=O) groups is 1. The maximum atomic E-state index is 12.5. The molecular weight excluding hydrogens is 325 g/mol. The standard InChI is InChI=1S/C15H25N3O2.2ClH/c1-11(2)20-12-7-6-8-17-13(12)14(19)18(5)10-15(3,4)9-16;;/h6-8,11H,9-10,16H2,1-5H3;2*1H. The van der Waals surface area contributed by atoms with E-state index in [4.69, 9.17) is 10.5 Å². The Labute approximate surface area is 145 Å². The summed E-state index contributed by atoms with van der Waals surface area (Å²) in [6.45, 7) is 8.98. The molecule has 2 N–H and O–H groups in total. The Kier molecular flexibility index (Phi) is 10.4. The number of amides is 1. The van der Waals surface area contributed by atoms with Gasteiger partial charge in [0, 0.05) is 19.8 Å². The van der Waals surface area contributed by atoms with Crippen molar-refractivity contribution in [2.45, 2.75) is 33.8 Å². The fourth-order valence-corrected chi connectivity index (χ4v) is 1.86. The third kappa shape index (κ3) is 6.81. The summed E-state index contributed by atoms with van der Waals surface area (Å²) in [5, 5.41) is 0. The highest BCUT2D eigenvalue weighted by Gasteiger charge is 2.24. The van der Waals surface area contributed by atoms with Gasteiger partial charge in [0.25, 0.3) is 5.91 Å². The quantitative estimate of drug-likeness (QED) is 0.855. The Morgan fingerprint density at radius 2 is 2.00 bits per heavy atom. The number of aromatic nitrogens is 1. The van der Waals surface area contributed by atoms with E-state index in [2.05, 4.69) is 4.98 Å². The number of nitrogens with two attached hydrogens (primary N) is 1. The first-order valence-electron chi connectivity index (χ1n) is 6.84. The van der Waals surface area contributed by atoms with Gasteiger partial charge in [-0.3, -0.25) is 4.79 Å². The monoisotopic (exact) mass is 351 g/mol. The van der Waals surface area contributed by atoms with Crippen LogP contribution in [0, 0.1) is 5.41 Å². The smallest absolute Gasteiger partial charge is 0.276 e. The molecule has 0 radical (unpaired) electrons. The Morgan fingerprint density at radius 1 is 1.41 bits per heavy atom. The van der Waals surface area contributed by atoms with Crippen LogP contribution in [0.1, 0.15) is 38.2 Å². The first-order chi connectivity index (χ1) is 9.26. The van der Waals surface area contributed by atoms with Gasteiger partial charge in [0.1, 0.15) is 0 Å². The number of hydrogen-bond donors (Lipinski definition) is 1. The van der Waals surface area contributed by atoms with E-state index in [1.54, 1.807) is 30.3 Å². The molecule has 0 saturated heterocycles. The van der Waals surface area contributed by atoms with E-state index in [9.17, 15) is 4.79 Å². The third-order valence-corrected chi connectivity index (χ3v) is 2.90. The molecule has 0 saturated carbocycles. The topological polar surface area (TPSA) is 68.5 Å². The summed E-state index contributed by atoms with van der Waals surface area (Å²) >= 11 is 0. The molecule has 0 fully saturated rings. The van der Waals surface area contributed by atoms with Crippen LogP contribution in [-0.2, 0) is 0 Å². The highest BCUT2D eigenvalue weighted by atomic mass is 35.5. The highest BCUT2D eigenvalue weighted by Crippen LogP contribution is 2.21. The van der Waals surface area contributed by atoms with Crippen molar-refractivity contribution in [3.63, 3.8) is 0 Å². The van der Waals surface area contributed by atoms with Crippen LogP contribution in [-0.4, -0.2) is 42.0 Å². The summed E-state index contributed by atoms with van der Waals surface area (Å²) in [6.07, 6.45) is 1.60. The van der Waals surface area contributed by atoms with Crippen molar-refractivity contribution in [1.82, 2.24) is 9.88 Å². The molecule has 5 nitrogen and oxygen atoms in total. The van der Waals surface area contributed by atoms with Crippen molar-refractivity contribution in [1.29, 1.82) is 0 Å². The Balaban J connectivity index is 0. The summed E-state index contributed by atoms with van der Waals surface area (Å²) in [7, 11) is 1.76. The molecular formula is C15H27Cl2N3O2. The molecule has 1 heterocycles. The molecule has 0 unspecified atom stereocenters. The first kappa shape index (κ1) is 23.2. The van der Waals surface area contributed by atoms with E-state index in [0.717, 1.165) is 0 Å². The zero-order chi connectivity index (χ0) is 15.3. The van der Waals surface area contributed by atoms with E-state index < -0.39 is 0 Å². The zero-order valence-electron chi connectivity index (χ0n) is 13.8. The molecule has 0 spiro atoms. The normalized spacial score (nSPS) is 10.5. The second-order valence-electron chi connectivity index (χ2n) is 6.05. The molecule has 1 aromatic rings. The number of ether oxygens (including phenoxy) is 1. The van der Waals surface area contributed by atoms with E-state index in [-0.39, 0.29) is 42.2 Å². The van der Waals surface area contributed by atoms with Gasteiger partial charge < -0.3 is 15.4 Å². The van der Waals surface area contributed by atoms with Crippen molar-refractivity contribution in [2.24, 2.45) is 11.1 Å². The SMILES string of the molecule is CC(C)Oc1cccnc1C(=O)N(C)CC(C)(C)CN.Cl.Cl. The Morgan fingerprint density at radius 3 is 2.50 bits per heavy atom. The van der Waals surface area contributed by atoms with Gasteiger partial charge in [-0.05, 0) is 37.9 Å². The van der Waals surface area contributed by atoms with E-state index in [1.807, 2.05) is 27.7 Å². The molecule has 0 atom stereocenters. The van der Waals surface area contributed by atoms with Gasteiger partial charge >= 0.3 is 0 Å². The maximum Gasteiger partial charge on any atom is 0.276 e. The highest BCUT2D eigenvalue weighted by molar-refractivity contribution is 5.94. The minimum absolute atomic E-state index is 0. The molecule has 1 aromatic heterocycles. The summed E-state index contributed by atoms with van der Waals surface area (Å²) in [6, 6.07) is 3.53. The number of nitrogens with zero attached hydrogens (tertiary/aromatic N) is 2. The minimum Gasteiger partial charge on any atom is -0.489 e. The van der Waals surface area contributed by atoms with Crippen molar-refractivity contribution < 1.29 is 9.53 Å². The number of rotatable bonds is 6. The fraction of sp³-hybridized carbons (Fsp3) is 0.600. The maximum absolute atomic E-state index is 12.5. The van der Waals surface area contributed by atoms with Crippen LogP contribution in [0.15, 0.2) is 18.3 Å². The molecule has 22 heavy (non-hydrogen) atoms. The lowest BCUT2D eigenvalue weighted by molar-refractivity contribution is 0.0728. The van der Waals surface area contributed by atoms with Crippen LogP contribution < -0.4 is 10.5 Å². The molecule has 0 aliphatic rings. The largest absolute Gasteiger partial charge is 0.489 e. The zero-order valence-corrected chi connectivity index (χ0v) is 15.5. The molecule has 0 aliphatic heterocycles. The van der Waals surface area contributed by atoms with E-state index in [0.29, 0.717) is 24.5 Å². The van der Waals surface area contributed by atoms with Crippen molar-refractivity contribution in [3.05, 3.63) is 24.0 Å². The van der Waals surface area contributed by atoms with Crippen LogP contribution in [0.3, 0.4) is 0 Å². The second kappa shape index (κ2) is 9.87. The number of carbonyl (C=O) groups excluding carboxylic acids is 1. The van der Waals surface area contributed by atoms with Gasteiger partial charge in [-0.1, -0.05) is 13.8 Å². The lowest BCUT2D eigenvalue weighted by atomic mass is 9.93. The lowest BCUT2D eigenvalue weighted by Crippen LogP contribution is -2.40. The number of pyridine rings is 1. The van der Waals surface area contributed by atoms with Crippen LogP contribution >= 0.6 is 24.8 Å². The summed E-state index contributed by atoms with van der Waals surface area (Å²) < 4.78 is 5.64. The molecule has 1 amide bonds. The van der Waals surface area contributed by atoms with Gasteiger partial charge in [0.05, 0.1) is 6.10 Å². The number of halogens is 2. The van der Waals surface area contributed by atoms with Crippen LogP contribution in [0.4, 0.5) is 0 Å². The van der Waals surface area contributed by atoms with Crippen LogP contribution in [0.25, 0.3) is 0 Å². The van der Waals surface area contributed by atoms with E-state index in [1.165, 1.54) is 0 Å².